The molecule has 4 rings (SSSR count). The van der Waals surface area contributed by atoms with Crippen LogP contribution in [-0.4, -0.2) is 11.8 Å². The van der Waals surface area contributed by atoms with Crippen LogP contribution in [0, 0.1) is 0 Å². The molecular formula is C31H22Cl4N2O2. The zero-order chi connectivity index (χ0) is 27.8. The van der Waals surface area contributed by atoms with Gasteiger partial charge in [0, 0.05) is 23.5 Å². The largest absolute Gasteiger partial charge is 0.323 e. The third-order valence-electron chi connectivity index (χ3n) is 5.59. The number of anilines is 2. The molecule has 39 heavy (non-hydrogen) atoms. The molecule has 8 heteroatoms. The van der Waals surface area contributed by atoms with Crippen LogP contribution in [0.25, 0.3) is 12.2 Å². The molecule has 0 atom stereocenters. The van der Waals surface area contributed by atoms with Crippen LogP contribution in [0.3, 0.4) is 0 Å². The van der Waals surface area contributed by atoms with Crippen LogP contribution in [0.4, 0.5) is 11.4 Å². The number of nitrogens with one attached hydrogen (secondary N) is 2. The quantitative estimate of drug-likeness (QED) is 0.199. The van der Waals surface area contributed by atoms with Gasteiger partial charge in [-0.25, -0.2) is 0 Å². The summed E-state index contributed by atoms with van der Waals surface area (Å²) in [5.41, 5.74) is 5.10. The van der Waals surface area contributed by atoms with E-state index in [1.807, 2.05) is 48.5 Å². The Morgan fingerprint density at radius 1 is 0.538 bits per heavy atom. The number of benzene rings is 4. The normalized spacial score (nSPS) is 11.2. The van der Waals surface area contributed by atoms with E-state index in [2.05, 4.69) is 10.6 Å². The number of carbonyl (C=O) groups excluding carboxylic acids is 2. The molecule has 0 radical (unpaired) electrons. The summed E-state index contributed by atoms with van der Waals surface area (Å²) in [6.45, 7) is 0. The molecule has 2 amide bonds. The Hall–Kier alpha value is -3.54. The van der Waals surface area contributed by atoms with Crippen molar-refractivity contribution in [2.24, 2.45) is 0 Å². The van der Waals surface area contributed by atoms with Gasteiger partial charge in [-0.15, -0.1) is 0 Å². The summed E-state index contributed by atoms with van der Waals surface area (Å²) in [4.78, 5) is 24.5. The third kappa shape index (κ3) is 8.74. The summed E-state index contributed by atoms with van der Waals surface area (Å²) in [6, 6.07) is 25.6. The second-order valence-electron chi connectivity index (χ2n) is 8.56. The molecule has 0 heterocycles. The van der Waals surface area contributed by atoms with Gasteiger partial charge in [0.2, 0.25) is 11.8 Å². The van der Waals surface area contributed by atoms with Crippen molar-refractivity contribution in [3.63, 3.8) is 0 Å². The fraction of sp³-hybridized carbons (Fsp3) is 0.0323. The van der Waals surface area contributed by atoms with Gasteiger partial charge < -0.3 is 10.6 Å². The maximum absolute atomic E-state index is 12.3. The molecule has 4 nitrogen and oxygen atoms in total. The number of amides is 2. The molecule has 2 N–H and O–H groups in total. The number of hydrogen-bond donors (Lipinski definition) is 2. The van der Waals surface area contributed by atoms with Gasteiger partial charge in [0.25, 0.3) is 0 Å². The molecule has 4 aromatic carbocycles. The van der Waals surface area contributed by atoms with Gasteiger partial charge >= 0.3 is 0 Å². The average Bonchev–Trinajstić information content (AvgIpc) is 2.92. The van der Waals surface area contributed by atoms with Crippen LogP contribution in [0.2, 0.25) is 20.1 Å². The molecule has 0 unspecified atom stereocenters. The second kappa shape index (κ2) is 13.5. The van der Waals surface area contributed by atoms with E-state index in [-0.39, 0.29) is 11.8 Å². The summed E-state index contributed by atoms with van der Waals surface area (Å²) in [5.74, 6) is -0.503. The van der Waals surface area contributed by atoms with Gasteiger partial charge in [0.1, 0.15) is 0 Å². The van der Waals surface area contributed by atoms with Crippen LogP contribution in [0.5, 0.6) is 0 Å². The van der Waals surface area contributed by atoms with Crippen LogP contribution in [0.15, 0.2) is 97.1 Å². The average molecular weight is 596 g/mol. The van der Waals surface area contributed by atoms with Crippen LogP contribution in [-0.2, 0) is 16.0 Å². The lowest BCUT2D eigenvalue weighted by Crippen LogP contribution is -2.08. The first-order valence-electron chi connectivity index (χ1n) is 11.8. The van der Waals surface area contributed by atoms with Crippen molar-refractivity contribution in [1.29, 1.82) is 0 Å². The van der Waals surface area contributed by atoms with Gasteiger partial charge in [0.05, 0.1) is 20.1 Å². The smallest absolute Gasteiger partial charge is 0.248 e. The first kappa shape index (κ1) is 28.5. The highest BCUT2D eigenvalue weighted by molar-refractivity contribution is 6.42. The molecule has 0 aliphatic rings. The zero-order valence-corrected chi connectivity index (χ0v) is 23.5. The molecule has 4 aromatic rings. The fourth-order valence-electron chi connectivity index (χ4n) is 3.59. The number of hydrogen-bond acceptors (Lipinski definition) is 2. The van der Waals surface area contributed by atoms with Gasteiger partial charge in [-0.3, -0.25) is 9.59 Å². The number of rotatable bonds is 8. The van der Waals surface area contributed by atoms with Gasteiger partial charge in [-0.05, 0) is 89.4 Å². The minimum Gasteiger partial charge on any atom is -0.323 e. The minimum absolute atomic E-state index is 0.252. The molecule has 0 spiro atoms. The lowest BCUT2D eigenvalue weighted by molar-refractivity contribution is -0.112. The first-order chi connectivity index (χ1) is 18.7. The van der Waals surface area contributed by atoms with E-state index in [4.69, 9.17) is 46.4 Å². The van der Waals surface area contributed by atoms with E-state index in [0.29, 0.717) is 37.9 Å². The molecule has 0 bridgehead atoms. The van der Waals surface area contributed by atoms with E-state index in [0.717, 1.165) is 22.3 Å². The number of halogens is 4. The maximum Gasteiger partial charge on any atom is 0.248 e. The summed E-state index contributed by atoms with van der Waals surface area (Å²) >= 11 is 23.8. The molecular weight excluding hydrogens is 574 g/mol. The van der Waals surface area contributed by atoms with Gasteiger partial charge in [0.15, 0.2) is 0 Å². The molecule has 196 valence electrons. The standard InChI is InChI=1S/C31H22Cl4N2O2/c32-26-13-5-22(18-28(26)34)7-15-30(38)36-24-9-1-20(2-10-24)17-21-3-11-25(12-4-21)37-31(39)16-8-23-6-14-27(33)29(35)19-23/h1-16,18-19H,17H2,(H,36,38)(H,37,39)/b15-7+,16-8+. The van der Waals surface area contributed by atoms with Crippen LogP contribution < -0.4 is 10.6 Å². The Bertz CT molecular complexity index is 1430. The minimum atomic E-state index is -0.252. The highest BCUT2D eigenvalue weighted by Crippen LogP contribution is 2.24. The Morgan fingerprint density at radius 3 is 1.28 bits per heavy atom. The second-order valence-corrected chi connectivity index (χ2v) is 10.2. The maximum atomic E-state index is 12.3. The van der Waals surface area contributed by atoms with Crippen molar-refractivity contribution in [2.45, 2.75) is 6.42 Å². The fourth-order valence-corrected chi connectivity index (χ4v) is 4.20. The van der Waals surface area contributed by atoms with Gasteiger partial charge in [-0.2, -0.15) is 0 Å². The molecule has 0 aliphatic carbocycles. The Morgan fingerprint density at radius 2 is 0.923 bits per heavy atom. The third-order valence-corrected chi connectivity index (χ3v) is 7.07. The monoisotopic (exact) mass is 594 g/mol. The molecule has 0 saturated heterocycles. The van der Waals surface area contributed by atoms with E-state index in [1.165, 1.54) is 12.2 Å². The summed E-state index contributed by atoms with van der Waals surface area (Å²) in [7, 11) is 0. The highest BCUT2D eigenvalue weighted by atomic mass is 35.5. The lowest BCUT2D eigenvalue weighted by Gasteiger charge is -2.07. The number of carbonyl (C=O) groups is 2. The summed E-state index contributed by atoms with van der Waals surface area (Å²) in [5, 5.41) is 7.47. The Balaban J connectivity index is 1.27. The van der Waals surface area contributed by atoms with E-state index >= 15 is 0 Å². The Kier molecular flexibility index (Phi) is 9.85. The topological polar surface area (TPSA) is 58.2 Å². The van der Waals surface area contributed by atoms with E-state index in [9.17, 15) is 9.59 Å². The van der Waals surface area contributed by atoms with E-state index in [1.54, 1.807) is 48.6 Å². The SMILES string of the molecule is O=C(/C=C/c1ccc(Cl)c(Cl)c1)Nc1ccc(Cc2ccc(NC(=O)/C=C/c3ccc(Cl)c(Cl)c3)cc2)cc1. The van der Waals surface area contributed by atoms with E-state index < -0.39 is 0 Å². The van der Waals surface area contributed by atoms with Gasteiger partial charge in [-0.1, -0.05) is 82.8 Å². The molecule has 0 fully saturated rings. The van der Waals surface area contributed by atoms with Crippen molar-refractivity contribution in [1.82, 2.24) is 0 Å². The first-order valence-corrected chi connectivity index (χ1v) is 13.3. The van der Waals surface area contributed by atoms with Crippen molar-refractivity contribution in [3.05, 3.63) is 139 Å². The summed E-state index contributed by atoms with van der Waals surface area (Å²) < 4.78 is 0. The summed E-state index contributed by atoms with van der Waals surface area (Å²) in [6.07, 6.45) is 6.93. The van der Waals surface area contributed by atoms with Crippen molar-refractivity contribution >= 4 is 81.7 Å². The van der Waals surface area contributed by atoms with Crippen molar-refractivity contribution in [2.75, 3.05) is 10.6 Å². The predicted molar refractivity (Wildman–Crippen MR) is 164 cm³/mol. The zero-order valence-electron chi connectivity index (χ0n) is 20.4. The Labute approximate surface area is 246 Å². The predicted octanol–water partition coefficient (Wildman–Crippen LogP) is 9.19. The lowest BCUT2D eigenvalue weighted by atomic mass is 10.0. The van der Waals surface area contributed by atoms with Crippen LogP contribution >= 0.6 is 46.4 Å². The van der Waals surface area contributed by atoms with Crippen molar-refractivity contribution < 1.29 is 9.59 Å². The molecule has 0 aromatic heterocycles. The highest BCUT2D eigenvalue weighted by Gasteiger charge is 2.04. The molecule has 0 aliphatic heterocycles. The molecule has 0 saturated carbocycles. The van der Waals surface area contributed by atoms with Crippen molar-refractivity contribution in [3.8, 4) is 0 Å². The van der Waals surface area contributed by atoms with Crippen LogP contribution in [0.1, 0.15) is 22.3 Å².